The van der Waals surface area contributed by atoms with Gasteiger partial charge in [0.05, 0.1) is 22.1 Å². The van der Waals surface area contributed by atoms with Crippen LogP contribution in [0.2, 0.25) is 5.02 Å². The van der Waals surface area contributed by atoms with E-state index in [4.69, 9.17) is 23.2 Å². The first-order chi connectivity index (χ1) is 9.97. The second-order valence-electron chi connectivity index (χ2n) is 5.01. The van der Waals surface area contributed by atoms with Gasteiger partial charge in [0.25, 0.3) is 0 Å². The number of nitrogens with zero attached hydrogens (tertiary/aromatic N) is 2. The van der Waals surface area contributed by atoms with Crippen LogP contribution >= 0.6 is 39.1 Å². The van der Waals surface area contributed by atoms with Crippen molar-refractivity contribution in [2.24, 2.45) is 0 Å². The molecule has 0 saturated heterocycles. The molecule has 0 saturated carbocycles. The normalized spacial score (nSPS) is 12.8. The third kappa shape index (κ3) is 2.70. The largest absolute Gasteiger partial charge is 0.294 e. The number of fused-ring (bicyclic) bond motifs is 1. The van der Waals surface area contributed by atoms with Crippen molar-refractivity contribution >= 4 is 50.2 Å². The number of imidazole rings is 1. The van der Waals surface area contributed by atoms with Crippen molar-refractivity contribution < 1.29 is 0 Å². The van der Waals surface area contributed by atoms with Crippen LogP contribution in [0.25, 0.3) is 16.7 Å². The second-order valence-corrected chi connectivity index (χ2v) is 6.95. The van der Waals surface area contributed by atoms with Gasteiger partial charge in [-0.2, -0.15) is 0 Å². The molecule has 0 radical (unpaired) electrons. The molecule has 0 amide bonds. The Morgan fingerprint density at radius 3 is 2.67 bits per heavy atom. The van der Waals surface area contributed by atoms with Crippen LogP contribution in [0, 0.1) is 6.92 Å². The summed E-state index contributed by atoms with van der Waals surface area (Å²) in [5.74, 6) is 0.806. The standard InChI is InChI=1S/C16H13BrCl2N2/c1-9-3-6-14-13(7-9)20-16(10(2)18)21(14)15-8-11(19)4-5-12(15)17/h3-8,10H,1-2H3. The van der Waals surface area contributed by atoms with Gasteiger partial charge in [0, 0.05) is 9.50 Å². The highest BCUT2D eigenvalue weighted by atomic mass is 79.9. The Morgan fingerprint density at radius 2 is 1.95 bits per heavy atom. The van der Waals surface area contributed by atoms with Crippen molar-refractivity contribution in [1.82, 2.24) is 9.55 Å². The Balaban J connectivity index is 2.39. The fourth-order valence-corrected chi connectivity index (χ4v) is 3.12. The van der Waals surface area contributed by atoms with Crippen LogP contribution in [0.15, 0.2) is 40.9 Å². The molecule has 1 heterocycles. The molecule has 0 N–H and O–H groups in total. The molecule has 2 nitrogen and oxygen atoms in total. The topological polar surface area (TPSA) is 17.8 Å². The Morgan fingerprint density at radius 1 is 1.19 bits per heavy atom. The van der Waals surface area contributed by atoms with E-state index in [1.807, 2.05) is 25.1 Å². The van der Waals surface area contributed by atoms with Crippen molar-refractivity contribution in [3.63, 3.8) is 0 Å². The van der Waals surface area contributed by atoms with Crippen molar-refractivity contribution in [2.45, 2.75) is 19.2 Å². The molecule has 0 spiro atoms. The van der Waals surface area contributed by atoms with Gasteiger partial charge < -0.3 is 0 Å². The van der Waals surface area contributed by atoms with Crippen LogP contribution in [0.4, 0.5) is 0 Å². The highest BCUT2D eigenvalue weighted by Gasteiger charge is 2.18. The van der Waals surface area contributed by atoms with Gasteiger partial charge in [-0.05, 0) is 65.7 Å². The number of benzene rings is 2. The van der Waals surface area contributed by atoms with Crippen molar-refractivity contribution in [3.05, 3.63) is 57.3 Å². The van der Waals surface area contributed by atoms with Crippen LogP contribution in [-0.4, -0.2) is 9.55 Å². The molecule has 5 heteroatoms. The van der Waals surface area contributed by atoms with Crippen LogP contribution in [0.5, 0.6) is 0 Å². The molecule has 108 valence electrons. The zero-order valence-electron chi connectivity index (χ0n) is 11.6. The van der Waals surface area contributed by atoms with Crippen LogP contribution < -0.4 is 0 Å². The predicted molar refractivity (Wildman–Crippen MR) is 92.8 cm³/mol. The minimum absolute atomic E-state index is 0.205. The number of aryl methyl sites for hydroxylation is 1. The van der Waals surface area contributed by atoms with Crippen LogP contribution in [0.3, 0.4) is 0 Å². The third-order valence-corrected chi connectivity index (χ3v) is 4.44. The summed E-state index contributed by atoms with van der Waals surface area (Å²) in [7, 11) is 0. The predicted octanol–water partition coefficient (Wildman–Crippen LogP) is 6.05. The summed E-state index contributed by atoms with van der Waals surface area (Å²) >= 11 is 16.1. The highest BCUT2D eigenvalue weighted by molar-refractivity contribution is 9.10. The van der Waals surface area contributed by atoms with Gasteiger partial charge in [0.1, 0.15) is 5.82 Å². The summed E-state index contributed by atoms with van der Waals surface area (Å²) in [6, 6.07) is 11.9. The zero-order valence-corrected chi connectivity index (χ0v) is 14.7. The molecule has 1 aromatic heterocycles. The van der Waals surface area contributed by atoms with Crippen molar-refractivity contribution in [1.29, 1.82) is 0 Å². The fourth-order valence-electron chi connectivity index (χ4n) is 2.39. The van der Waals surface area contributed by atoms with E-state index in [9.17, 15) is 0 Å². The highest BCUT2D eigenvalue weighted by Crippen LogP contribution is 2.33. The summed E-state index contributed by atoms with van der Waals surface area (Å²) in [6.45, 7) is 3.97. The minimum atomic E-state index is -0.205. The second kappa shape index (κ2) is 5.64. The molecule has 21 heavy (non-hydrogen) atoms. The Hall–Kier alpha value is -1.03. The maximum Gasteiger partial charge on any atom is 0.132 e. The SMILES string of the molecule is Cc1ccc2c(c1)nc(C(C)Cl)n2-c1cc(Cl)ccc1Br. The molecule has 1 unspecified atom stereocenters. The first-order valence-electron chi connectivity index (χ1n) is 6.56. The molecule has 3 rings (SSSR count). The summed E-state index contributed by atoms with van der Waals surface area (Å²) in [5.41, 5.74) is 4.07. The van der Waals surface area contributed by atoms with Gasteiger partial charge >= 0.3 is 0 Å². The molecular formula is C16H13BrCl2N2. The Bertz CT molecular complexity index is 825. The molecule has 0 aliphatic rings. The summed E-state index contributed by atoms with van der Waals surface area (Å²) < 4.78 is 3.01. The summed E-state index contributed by atoms with van der Waals surface area (Å²) in [6.07, 6.45) is 0. The average molecular weight is 384 g/mol. The van der Waals surface area contributed by atoms with E-state index >= 15 is 0 Å². The van der Waals surface area contributed by atoms with E-state index in [0.717, 1.165) is 27.0 Å². The lowest BCUT2D eigenvalue weighted by Crippen LogP contribution is -2.02. The molecule has 0 bridgehead atoms. The lowest BCUT2D eigenvalue weighted by atomic mass is 10.2. The van der Waals surface area contributed by atoms with E-state index in [0.29, 0.717) is 5.02 Å². The van der Waals surface area contributed by atoms with E-state index in [1.54, 1.807) is 0 Å². The summed E-state index contributed by atoms with van der Waals surface area (Å²) in [4.78, 5) is 4.69. The minimum Gasteiger partial charge on any atom is -0.294 e. The molecule has 1 atom stereocenters. The number of rotatable bonds is 2. The number of aromatic nitrogens is 2. The Kier molecular flexibility index (Phi) is 4.00. The molecule has 0 aliphatic heterocycles. The summed E-state index contributed by atoms with van der Waals surface area (Å²) in [5, 5.41) is 0.471. The Labute approximate surface area is 141 Å². The zero-order chi connectivity index (χ0) is 15.1. The van der Waals surface area contributed by atoms with E-state index < -0.39 is 0 Å². The van der Waals surface area contributed by atoms with Gasteiger partial charge in [-0.3, -0.25) is 4.57 Å². The molecule has 0 fully saturated rings. The number of hydrogen-bond acceptors (Lipinski definition) is 1. The number of hydrogen-bond donors (Lipinski definition) is 0. The first-order valence-corrected chi connectivity index (χ1v) is 8.16. The van der Waals surface area contributed by atoms with E-state index in [2.05, 4.69) is 50.6 Å². The maximum atomic E-state index is 6.33. The lowest BCUT2D eigenvalue weighted by molar-refractivity contribution is 0.880. The molecule has 0 aliphatic carbocycles. The molecule has 2 aromatic carbocycles. The smallest absolute Gasteiger partial charge is 0.132 e. The van der Waals surface area contributed by atoms with Gasteiger partial charge in [-0.15, -0.1) is 11.6 Å². The van der Waals surface area contributed by atoms with Gasteiger partial charge in [-0.1, -0.05) is 17.7 Å². The van der Waals surface area contributed by atoms with Crippen LogP contribution in [0.1, 0.15) is 23.7 Å². The van der Waals surface area contributed by atoms with E-state index in [1.165, 1.54) is 5.56 Å². The van der Waals surface area contributed by atoms with Crippen LogP contribution in [-0.2, 0) is 0 Å². The number of alkyl halides is 1. The quantitative estimate of drug-likeness (QED) is 0.492. The molecule has 3 aromatic rings. The monoisotopic (exact) mass is 382 g/mol. The first kappa shape index (κ1) is 14.9. The maximum absolute atomic E-state index is 6.33. The van der Waals surface area contributed by atoms with Crippen molar-refractivity contribution in [3.8, 4) is 5.69 Å². The molecular weight excluding hydrogens is 371 g/mol. The average Bonchev–Trinajstić information content (AvgIpc) is 2.80. The lowest BCUT2D eigenvalue weighted by Gasteiger charge is -2.13. The fraction of sp³-hybridized carbons (Fsp3) is 0.188. The van der Waals surface area contributed by atoms with Gasteiger partial charge in [0.15, 0.2) is 0 Å². The van der Waals surface area contributed by atoms with Gasteiger partial charge in [0.2, 0.25) is 0 Å². The number of halogens is 3. The van der Waals surface area contributed by atoms with Gasteiger partial charge in [-0.25, -0.2) is 4.98 Å². The van der Waals surface area contributed by atoms with E-state index in [-0.39, 0.29) is 5.38 Å². The third-order valence-electron chi connectivity index (χ3n) is 3.34. The van der Waals surface area contributed by atoms with Crippen molar-refractivity contribution in [2.75, 3.05) is 0 Å².